The molecule has 0 aliphatic rings. The van der Waals surface area contributed by atoms with E-state index in [1.54, 1.807) is 28.8 Å². The Kier molecular flexibility index (Phi) is 6.27. The summed E-state index contributed by atoms with van der Waals surface area (Å²) in [6, 6.07) is 14.9. The monoisotopic (exact) mass is 431 g/mol. The van der Waals surface area contributed by atoms with Gasteiger partial charge in [-0.2, -0.15) is 19.6 Å². The molecule has 9 heteroatoms. The number of fused-ring (bicyclic) bond motifs is 1. The molecule has 2 aromatic heterocycles. The van der Waals surface area contributed by atoms with E-state index < -0.39 is 5.91 Å². The third-order valence-corrected chi connectivity index (χ3v) is 4.88. The van der Waals surface area contributed by atoms with Gasteiger partial charge < -0.3 is 21.5 Å². The first-order valence-electron chi connectivity index (χ1n) is 10.4. The van der Waals surface area contributed by atoms with Crippen molar-refractivity contribution in [2.75, 3.05) is 18.5 Å². The fourth-order valence-electron chi connectivity index (χ4n) is 3.45. The van der Waals surface area contributed by atoms with Crippen molar-refractivity contribution in [1.29, 1.82) is 0 Å². The lowest BCUT2D eigenvalue weighted by Crippen LogP contribution is -2.11. The number of benzene rings is 2. The fourth-order valence-corrected chi connectivity index (χ4v) is 3.45. The largest absolute Gasteiger partial charge is 0.492 e. The molecule has 0 fully saturated rings. The molecule has 0 aliphatic carbocycles. The van der Waals surface area contributed by atoms with E-state index in [1.807, 2.05) is 18.2 Å². The topological polar surface area (TPSA) is 133 Å². The molecular formula is C23H25N7O2. The molecule has 0 bridgehead atoms. The van der Waals surface area contributed by atoms with Crippen molar-refractivity contribution in [3.05, 3.63) is 66.0 Å². The zero-order valence-corrected chi connectivity index (χ0v) is 17.8. The molecule has 2 aromatic carbocycles. The number of carbonyl (C=O) groups is 1. The average molecular weight is 432 g/mol. The smallest absolute Gasteiger partial charge is 0.254 e. The number of carbonyl (C=O) groups excluding carboxylic acids is 1. The standard InChI is InChI=1S/C23H25N7O2/c1-2-3-15-10-17(12-19(11-15)32-9-8-24)20-13-21(29-23-26-14-27-30(20)23)28-18-6-4-16(5-7-18)22(25)31/h4-7,10-14H,2-3,8-9,24H2,1H3,(H2,25,31)(H,26,27,28,29). The summed E-state index contributed by atoms with van der Waals surface area (Å²) < 4.78 is 7.51. The third kappa shape index (κ3) is 4.68. The van der Waals surface area contributed by atoms with Crippen molar-refractivity contribution in [2.45, 2.75) is 19.8 Å². The van der Waals surface area contributed by atoms with Gasteiger partial charge >= 0.3 is 0 Å². The second kappa shape index (κ2) is 9.44. The average Bonchev–Trinajstić information content (AvgIpc) is 3.26. The van der Waals surface area contributed by atoms with E-state index in [0.717, 1.165) is 35.5 Å². The van der Waals surface area contributed by atoms with Crippen LogP contribution in [0.4, 0.5) is 11.5 Å². The molecule has 164 valence electrons. The van der Waals surface area contributed by atoms with Gasteiger partial charge in [-0.05, 0) is 54.4 Å². The van der Waals surface area contributed by atoms with Crippen LogP contribution < -0.4 is 21.5 Å². The maximum atomic E-state index is 11.3. The lowest BCUT2D eigenvalue weighted by molar-refractivity contribution is 0.100. The first kappa shape index (κ1) is 21.3. The van der Waals surface area contributed by atoms with Gasteiger partial charge in [0.2, 0.25) is 5.91 Å². The van der Waals surface area contributed by atoms with Crippen LogP contribution in [0.15, 0.2) is 54.9 Å². The number of aryl methyl sites for hydroxylation is 1. The number of hydrogen-bond donors (Lipinski definition) is 3. The number of aromatic nitrogens is 4. The highest BCUT2D eigenvalue weighted by molar-refractivity contribution is 5.93. The molecule has 32 heavy (non-hydrogen) atoms. The molecule has 9 nitrogen and oxygen atoms in total. The Balaban J connectivity index is 1.75. The van der Waals surface area contributed by atoms with Crippen LogP contribution >= 0.6 is 0 Å². The molecule has 0 aliphatic heterocycles. The van der Waals surface area contributed by atoms with Crippen LogP contribution in [0.1, 0.15) is 29.3 Å². The summed E-state index contributed by atoms with van der Waals surface area (Å²) >= 11 is 0. The van der Waals surface area contributed by atoms with E-state index in [2.05, 4.69) is 33.4 Å². The number of anilines is 2. The van der Waals surface area contributed by atoms with Crippen LogP contribution in [0, 0.1) is 0 Å². The van der Waals surface area contributed by atoms with E-state index >= 15 is 0 Å². The highest BCUT2D eigenvalue weighted by Gasteiger charge is 2.13. The van der Waals surface area contributed by atoms with Gasteiger partial charge in [-0.1, -0.05) is 13.3 Å². The molecule has 4 rings (SSSR count). The molecule has 1 amide bonds. The van der Waals surface area contributed by atoms with E-state index in [0.29, 0.717) is 30.3 Å². The molecule has 0 saturated carbocycles. The van der Waals surface area contributed by atoms with Gasteiger partial charge in [0.05, 0.1) is 5.69 Å². The summed E-state index contributed by atoms with van der Waals surface area (Å²) in [6.45, 7) is 3.03. The minimum Gasteiger partial charge on any atom is -0.492 e. The number of rotatable bonds is 9. The number of ether oxygens (including phenoxy) is 1. The predicted molar refractivity (Wildman–Crippen MR) is 123 cm³/mol. The lowest BCUT2D eigenvalue weighted by Gasteiger charge is -2.13. The van der Waals surface area contributed by atoms with Crippen molar-refractivity contribution in [2.24, 2.45) is 11.5 Å². The van der Waals surface area contributed by atoms with Crippen LogP contribution in [-0.4, -0.2) is 38.6 Å². The highest BCUT2D eigenvalue weighted by atomic mass is 16.5. The molecule has 4 aromatic rings. The SMILES string of the molecule is CCCc1cc(OCCN)cc(-c2cc(Nc3ccc(C(N)=O)cc3)nc3ncnn23)c1. The summed E-state index contributed by atoms with van der Waals surface area (Å²) in [6.07, 6.45) is 3.41. The molecule has 2 heterocycles. The normalized spacial score (nSPS) is 10.9. The Morgan fingerprint density at radius 2 is 1.97 bits per heavy atom. The summed E-state index contributed by atoms with van der Waals surface area (Å²) in [7, 11) is 0. The van der Waals surface area contributed by atoms with Crippen molar-refractivity contribution in [1.82, 2.24) is 19.6 Å². The van der Waals surface area contributed by atoms with Crippen LogP contribution in [0.5, 0.6) is 5.75 Å². The van der Waals surface area contributed by atoms with Crippen molar-refractivity contribution in [3.8, 4) is 17.0 Å². The quantitative estimate of drug-likeness (QED) is 0.371. The number of primary amides is 1. The number of nitrogens with two attached hydrogens (primary N) is 2. The minimum atomic E-state index is -0.471. The van der Waals surface area contributed by atoms with Crippen LogP contribution in [-0.2, 0) is 6.42 Å². The van der Waals surface area contributed by atoms with E-state index in [9.17, 15) is 4.79 Å². The number of hydrogen-bond acceptors (Lipinski definition) is 7. The maximum Gasteiger partial charge on any atom is 0.254 e. The molecule has 0 spiro atoms. The first-order chi connectivity index (χ1) is 15.6. The van der Waals surface area contributed by atoms with Crippen molar-refractivity contribution >= 4 is 23.2 Å². The zero-order chi connectivity index (χ0) is 22.5. The Morgan fingerprint density at radius 3 is 2.69 bits per heavy atom. The molecule has 0 saturated heterocycles. The second-order valence-electron chi connectivity index (χ2n) is 7.32. The first-order valence-corrected chi connectivity index (χ1v) is 10.4. The maximum absolute atomic E-state index is 11.3. The molecule has 5 N–H and O–H groups in total. The summed E-state index contributed by atoms with van der Waals surface area (Å²) in [5.41, 5.74) is 15.1. The highest BCUT2D eigenvalue weighted by Crippen LogP contribution is 2.29. The minimum absolute atomic E-state index is 0.440. The van der Waals surface area contributed by atoms with Crippen LogP contribution in [0.2, 0.25) is 0 Å². The van der Waals surface area contributed by atoms with E-state index in [4.69, 9.17) is 16.2 Å². The van der Waals surface area contributed by atoms with Crippen LogP contribution in [0.3, 0.4) is 0 Å². The third-order valence-electron chi connectivity index (χ3n) is 4.88. The lowest BCUT2D eigenvalue weighted by atomic mass is 10.0. The van der Waals surface area contributed by atoms with Crippen LogP contribution in [0.25, 0.3) is 17.0 Å². The number of nitrogens with zero attached hydrogens (tertiary/aromatic N) is 4. The summed E-state index contributed by atoms with van der Waals surface area (Å²) in [4.78, 5) is 20.1. The van der Waals surface area contributed by atoms with E-state index in [1.165, 1.54) is 11.9 Å². The predicted octanol–water partition coefficient (Wildman–Crippen LogP) is 2.92. The molecule has 0 unspecified atom stereocenters. The molecule has 0 radical (unpaired) electrons. The van der Waals surface area contributed by atoms with Gasteiger partial charge in [-0.3, -0.25) is 4.79 Å². The summed E-state index contributed by atoms with van der Waals surface area (Å²) in [5.74, 6) is 1.35. The van der Waals surface area contributed by atoms with Gasteiger partial charge in [-0.15, -0.1) is 0 Å². The van der Waals surface area contributed by atoms with Gasteiger partial charge in [0.25, 0.3) is 5.78 Å². The number of nitrogens with one attached hydrogen (secondary N) is 1. The fraction of sp³-hybridized carbons (Fsp3) is 0.217. The summed E-state index contributed by atoms with van der Waals surface area (Å²) in [5, 5.41) is 7.60. The van der Waals surface area contributed by atoms with Crippen molar-refractivity contribution in [3.63, 3.8) is 0 Å². The van der Waals surface area contributed by atoms with Gasteiger partial charge in [0.1, 0.15) is 24.5 Å². The van der Waals surface area contributed by atoms with Crippen molar-refractivity contribution < 1.29 is 9.53 Å². The second-order valence-corrected chi connectivity index (χ2v) is 7.32. The Hall–Kier alpha value is -3.98. The van der Waals surface area contributed by atoms with Gasteiger partial charge in [0.15, 0.2) is 0 Å². The Labute approximate surface area is 185 Å². The Morgan fingerprint density at radius 1 is 1.16 bits per heavy atom. The Bertz CT molecular complexity index is 1240. The number of amides is 1. The van der Waals surface area contributed by atoms with Gasteiger partial charge in [0, 0.05) is 29.4 Å². The molecular weight excluding hydrogens is 406 g/mol. The van der Waals surface area contributed by atoms with Gasteiger partial charge in [-0.25, -0.2) is 0 Å². The zero-order valence-electron chi connectivity index (χ0n) is 17.8. The van der Waals surface area contributed by atoms with E-state index in [-0.39, 0.29) is 0 Å². The molecule has 0 atom stereocenters.